The first-order valence-corrected chi connectivity index (χ1v) is 6.20. The Morgan fingerprint density at radius 2 is 2.14 bits per heavy atom. The van der Waals surface area contributed by atoms with E-state index in [1.807, 2.05) is 12.1 Å². The van der Waals surface area contributed by atoms with Crippen molar-refractivity contribution in [3.05, 3.63) is 22.7 Å². The largest absolute Gasteiger partial charge is 0.398 e. The molecule has 0 unspecified atom stereocenters. The van der Waals surface area contributed by atoms with Crippen molar-refractivity contribution in [2.24, 2.45) is 0 Å². The molecule has 0 aliphatic heterocycles. The maximum Gasteiger partial charge on any atom is 0.0453 e. The van der Waals surface area contributed by atoms with Crippen LogP contribution in [0.15, 0.2) is 27.6 Å². The summed E-state index contributed by atoms with van der Waals surface area (Å²) in [6.07, 6.45) is 0. The van der Waals surface area contributed by atoms with Crippen molar-refractivity contribution in [3.8, 4) is 0 Å². The smallest absolute Gasteiger partial charge is 0.0453 e. The number of hydrogen-bond donors (Lipinski definition) is 1. The summed E-state index contributed by atoms with van der Waals surface area (Å²) in [5.74, 6) is 1.06. The molecule has 2 nitrogen and oxygen atoms in total. The van der Waals surface area contributed by atoms with Gasteiger partial charge in [-0.15, -0.1) is 11.8 Å². The van der Waals surface area contributed by atoms with E-state index in [2.05, 4.69) is 41.0 Å². The Kier molecular flexibility index (Phi) is 4.78. The average Bonchev–Trinajstić information content (AvgIpc) is 2.10. The van der Waals surface area contributed by atoms with Gasteiger partial charge in [-0.25, -0.2) is 0 Å². The summed E-state index contributed by atoms with van der Waals surface area (Å²) in [5.41, 5.74) is 6.71. The first kappa shape index (κ1) is 11.9. The Morgan fingerprint density at radius 1 is 1.43 bits per heavy atom. The Morgan fingerprint density at radius 3 is 2.79 bits per heavy atom. The Labute approximate surface area is 98.0 Å². The number of nitrogen functional groups attached to an aromatic ring is 1. The molecule has 78 valence electrons. The molecular weight excluding hydrogens is 260 g/mol. The number of hydrogen-bond acceptors (Lipinski definition) is 3. The van der Waals surface area contributed by atoms with E-state index in [1.165, 1.54) is 0 Å². The third kappa shape index (κ3) is 3.90. The van der Waals surface area contributed by atoms with Crippen LogP contribution in [0.1, 0.15) is 0 Å². The van der Waals surface area contributed by atoms with E-state index in [1.54, 1.807) is 11.8 Å². The fourth-order valence-corrected chi connectivity index (χ4v) is 2.61. The molecule has 0 amide bonds. The van der Waals surface area contributed by atoms with Crippen LogP contribution in [0.2, 0.25) is 0 Å². The van der Waals surface area contributed by atoms with Gasteiger partial charge in [0.1, 0.15) is 0 Å². The van der Waals surface area contributed by atoms with Crippen LogP contribution < -0.4 is 5.73 Å². The molecule has 0 aliphatic rings. The van der Waals surface area contributed by atoms with Gasteiger partial charge in [0.25, 0.3) is 0 Å². The van der Waals surface area contributed by atoms with E-state index < -0.39 is 0 Å². The predicted molar refractivity (Wildman–Crippen MR) is 67.8 cm³/mol. The highest BCUT2D eigenvalue weighted by atomic mass is 79.9. The standard InChI is InChI=1S/C10H15BrN2S/c1-13(2)5-6-14-10-7-8(11)3-4-9(10)12/h3-4,7H,5-6,12H2,1-2H3. The topological polar surface area (TPSA) is 29.3 Å². The molecule has 0 saturated heterocycles. The van der Waals surface area contributed by atoms with Crippen molar-refractivity contribution in [3.63, 3.8) is 0 Å². The SMILES string of the molecule is CN(C)CCSc1cc(Br)ccc1N. The lowest BCUT2D eigenvalue weighted by Gasteiger charge is -2.10. The van der Waals surface area contributed by atoms with Crippen LogP contribution in [0.3, 0.4) is 0 Å². The molecule has 14 heavy (non-hydrogen) atoms. The molecule has 1 aromatic carbocycles. The second kappa shape index (κ2) is 5.63. The van der Waals surface area contributed by atoms with Gasteiger partial charge in [0, 0.05) is 27.4 Å². The maximum atomic E-state index is 5.85. The summed E-state index contributed by atoms with van der Waals surface area (Å²) in [6.45, 7) is 1.07. The molecule has 2 N–H and O–H groups in total. The molecule has 0 aromatic heterocycles. The minimum absolute atomic E-state index is 0.858. The Bertz CT molecular complexity index is 302. The molecule has 0 radical (unpaired) electrons. The van der Waals surface area contributed by atoms with Crippen molar-refractivity contribution < 1.29 is 0 Å². The van der Waals surface area contributed by atoms with Crippen molar-refractivity contribution in [2.75, 3.05) is 32.1 Å². The lowest BCUT2D eigenvalue weighted by molar-refractivity contribution is 0.437. The third-order valence-corrected chi connectivity index (χ3v) is 3.32. The number of halogens is 1. The third-order valence-electron chi connectivity index (χ3n) is 1.77. The van der Waals surface area contributed by atoms with Gasteiger partial charge >= 0.3 is 0 Å². The van der Waals surface area contributed by atoms with Gasteiger partial charge in [0.2, 0.25) is 0 Å². The fourth-order valence-electron chi connectivity index (χ4n) is 0.971. The second-order valence-electron chi connectivity index (χ2n) is 3.33. The summed E-state index contributed by atoms with van der Waals surface area (Å²) in [5, 5.41) is 0. The van der Waals surface area contributed by atoms with Gasteiger partial charge < -0.3 is 10.6 Å². The van der Waals surface area contributed by atoms with E-state index in [0.717, 1.165) is 27.4 Å². The van der Waals surface area contributed by atoms with Crippen LogP contribution >= 0.6 is 27.7 Å². The predicted octanol–water partition coefficient (Wildman–Crippen LogP) is 2.69. The molecule has 0 fully saturated rings. The summed E-state index contributed by atoms with van der Waals surface area (Å²) in [4.78, 5) is 3.32. The zero-order valence-corrected chi connectivity index (χ0v) is 10.9. The number of anilines is 1. The highest BCUT2D eigenvalue weighted by molar-refractivity contribution is 9.10. The summed E-state index contributed by atoms with van der Waals surface area (Å²) < 4.78 is 1.08. The first-order valence-electron chi connectivity index (χ1n) is 4.42. The molecular formula is C10H15BrN2S. The summed E-state index contributed by atoms with van der Waals surface area (Å²) >= 11 is 5.23. The summed E-state index contributed by atoms with van der Waals surface area (Å²) in [7, 11) is 4.15. The molecule has 0 aliphatic carbocycles. The number of benzene rings is 1. The number of rotatable bonds is 4. The normalized spacial score (nSPS) is 10.9. The Balaban J connectivity index is 2.53. The van der Waals surface area contributed by atoms with Gasteiger partial charge in [-0.1, -0.05) is 15.9 Å². The van der Waals surface area contributed by atoms with E-state index in [-0.39, 0.29) is 0 Å². The van der Waals surface area contributed by atoms with E-state index in [4.69, 9.17) is 5.73 Å². The molecule has 1 rings (SSSR count). The van der Waals surface area contributed by atoms with Crippen LogP contribution in [0, 0.1) is 0 Å². The van der Waals surface area contributed by atoms with Crippen molar-refractivity contribution >= 4 is 33.4 Å². The van der Waals surface area contributed by atoms with Gasteiger partial charge in [-0.3, -0.25) is 0 Å². The van der Waals surface area contributed by atoms with Gasteiger partial charge in [-0.05, 0) is 32.3 Å². The van der Waals surface area contributed by atoms with Crippen LogP contribution in [0.4, 0.5) is 5.69 Å². The molecule has 4 heteroatoms. The monoisotopic (exact) mass is 274 g/mol. The Hall–Kier alpha value is -0.190. The number of nitrogens with two attached hydrogens (primary N) is 1. The van der Waals surface area contributed by atoms with Crippen LogP contribution in [0.5, 0.6) is 0 Å². The van der Waals surface area contributed by atoms with Crippen molar-refractivity contribution in [2.45, 2.75) is 4.90 Å². The molecule has 0 bridgehead atoms. The van der Waals surface area contributed by atoms with E-state index >= 15 is 0 Å². The lowest BCUT2D eigenvalue weighted by Crippen LogP contribution is -2.14. The minimum Gasteiger partial charge on any atom is -0.398 e. The lowest BCUT2D eigenvalue weighted by atomic mass is 10.3. The minimum atomic E-state index is 0.858. The quantitative estimate of drug-likeness (QED) is 0.676. The highest BCUT2D eigenvalue weighted by Crippen LogP contribution is 2.27. The van der Waals surface area contributed by atoms with Crippen LogP contribution in [0.25, 0.3) is 0 Å². The van der Waals surface area contributed by atoms with Crippen LogP contribution in [-0.4, -0.2) is 31.3 Å². The first-order chi connectivity index (χ1) is 6.59. The molecule has 0 spiro atoms. The zero-order chi connectivity index (χ0) is 10.6. The number of nitrogens with zero attached hydrogens (tertiary/aromatic N) is 1. The number of thioether (sulfide) groups is 1. The average molecular weight is 275 g/mol. The molecule has 0 heterocycles. The fraction of sp³-hybridized carbons (Fsp3) is 0.400. The van der Waals surface area contributed by atoms with E-state index in [0.29, 0.717) is 0 Å². The zero-order valence-electron chi connectivity index (χ0n) is 8.46. The highest BCUT2D eigenvalue weighted by Gasteiger charge is 2.00. The van der Waals surface area contributed by atoms with Gasteiger partial charge in [0.05, 0.1) is 0 Å². The van der Waals surface area contributed by atoms with Gasteiger partial charge in [0.15, 0.2) is 0 Å². The maximum absolute atomic E-state index is 5.85. The molecule has 0 atom stereocenters. The second-order valence-corrected chi connectivity index (χ2v) is 5.39. The van der Waals surface area contributed by atoms with Crippen molar-refractivity contribution in [1.29, 1.82) is 0 Å². The van der Waals surface area contributed by atoms with Crippen molar-refractivity contribution in [1.82, 2.24) is 4.90 Å². The molecule has 1 aromatic rings. The molecule has 0 saturated carbocycles. The van der Waals surface area contributed by atoms with E-state index in [9.17, 15) is 0 Å². The van der Waals surface area contributed by atoms with Gasteiger partial charge in [-0.2, -0.15) is 0 Å². The van der Waals surface area contributed by atoms with Crippen LogP contribution in [-0.2, 0) is 0 Å². The summed E-state index contributed by atoms with van der Waals surface area (Å²) in [6, 6.07) is 5.96.